The fourth-order valence-electron chi connectivity index (χ4n) is 1.35. The zero-order valence-electron chi connectivity index (χ0n) is 7.56. The molecule has 1 fully saturated rings. The first-order chi connectivity index (χ1) is 6.11. The SMILES string of the molecule is CC(CC(=O)O)S(=O)C1CCOC1. The maximum atomic E-state index is 11.6. The molecule has 0 aromatic carbocycles. The number of ether oxygens (including phenoxy) is 1. The highest BCUT2D eigenvalue weighted by Gasteiger charge is 2.27. The van der Waals surface area contributed by atoms with Crippen LogP contribution in [0, 0.1) is 0 Å². The normalized spacial score (nSPS) is 27.0. The van der Waals surface area contributed by atoms with Gasteiger partial charge in [0.25, 0.3) is 0 Å². The lowest BCUT2D eigenvalue weighted by atomic mass is 10.3. The quantitative estimate of drug-likeness (QED) is 0.722. The third-order valence-electron chi connectivity index (χ3n) is 2.08. The van der Waals surface area contributed by atoms with Crippen molar-refractivity contribution < 1.29 is 18.8 Å². The lowest BCUT2D eigenvalue weighted by Gasteiger charge is -2.13. The molecule has 1 aliphatic rings. The molecule has 13 heavy (non-hydrogen) atoms. The molecule has 0 aromatic heterocycles. The number of hydrogen-bond acceptors (Lipinski definition) is 3. The van der Waals surface area contributed by atoms with Crippen molar-refractivity contribution in [1.29, 1.82) is 0 Å². The van der Waals surface area contributed by atoms with Crippen molar-refractivity contribution in [3.8, 4) is 0 Å². The van der Waals surface area contributed by atoms with Crippen LogP contribution in [0.25, 0.3) is 0 Å². The number of rotatable bonds is 4. The Balaban J connectivity index is 2.41. The smallest absolute Gasteiger partial charge is 0.304 e. The van der Waals surface area contributed by atoms with E-state index in [9.17, 15) is 9.00 Å². The molecule has 1 aliphatic heterocycles. The molecule has 1 heterocycles. The van der Waals surface area contributed by atoms with Crippen LogP contribution in [0.3, 0.4) is 0 Å². The van der Waals surface area contributed by atoms with Crippen LogP contribution in [0.2, 0.25) is 0 Å². The molecular weight excluding hydrogens is 192 g/mol. The van der Waals surface area contributed by atoms with Crippen LogP contribution in [0.4, 0.5) is 0 Å². The Labute approximate surface area is 79.7 Å². The maximum absolute atomic E-state index is 11.6. The molecule has 1 N–H and O–H groups in total. The van der Waals surface area contributed by atoms with Crippen molar-refractivity contribution in [1.82, 2.24) is 0 Å². The van der Waals surface area contributed by atoms with Crippen LogP contribution in [0.15, 0.2) is 0 Å². The van der Waals surface area contributed by atoms with Crippen LogP contribution in [-0.2, 0) is 20.3 Å². The maximum Gasteiger partial charge on any atom is 0.304 e. The molecule has 0 spiro atoms. The van der Waals surface area contributed by atoms with E-state index in [1.54, 1.807) is 6.92 Å². The molecular formula is C8H14O4S. The first-order valence-electron chi connectivity index (χ1n) is 4.30. The van der Waals surface area contributed by atoms with Crippen molar-refractivity contribution in [2.45, 2.75) is 30.3 Å². The van der Waals surface area contributed by atoms with Gasteiger partial charge in [-0.05, 0) is 6.42 Å². The van der Waals surface area contributed by atoms with Crippen LogP contribution >= 0.6 is 0 Å². The first-order valence-corrected chi connectivity index (χ1v) is 5.57. The van der Waals surface area contributed by atoms with Crippen LogP contribution in [-0.4, -0.2) is 39.0 Å². The zero-order chi connectivity index (χ0) is 9.84. The minimum atomic E-state index is -1.07. The lowest BCUT2D eigenvalue weighted by Crippen LogP contribution is -2.26. The molecule has 3 unspecified atom stereocenters. The summed E-state index contributed by atoms with van der Waals surface area (Å²) in [5, 5.41) is 8.27. The van der Waals surface area contributed by atoms with E-state index in [0.29, 0.717) is 13.2 Å². The number of carboxylic acids is 1. The fraction of sp³-hybridized carbons (Fsp3) is 0.875. The fourth-order valence-corrected chi connectivity index (χ4v) is 2.88. The standard InChI is InChI=1S/C8H14O4S/c1-6(4-8(9)10)13(11)7-2-3-12-5-7/h6-7H,2-5H2,1H3,(H,9,10). The second kappa shape index (κ2) is 4.72. The highest BCUT2D eigenvalue weighted by Crippen LogP contribution is 2.16. The molecule has 4 nitrogen and oxygen atoms in total. The Kier molecular flexibility index (Phi) is 3.87. The van der Waals surface area contributed by atoms with Crippen molar-refractivity contribution >= 4 is 16.8 Å². The molecule has 0 bridgehead atoms. The van der Waals surface area contributed by atoms with Crippen molar-refractivity contribution in [3.63, 3.8) is 0 Å². The van der Waals surface area contributed by atoms with Gasteiger partial charge in [-0.25, -0.2) is 0 Å². The van der Waals surface area contributed by atoms with E-state index in [1.165, 1.54) is 0 Å². The minimum absolute atomic E-state index is 0.0247. The van der Waals surface area contributed by atoms with Gasteiger partial charge in [-0.15, -0.1) is 0 Å². The van der Waals surface area contributed by atoms with Gasteiger partial charge < -0.3 is 9.84 Å². The van der Waals surface area contributed by atoms with E-state index >= 15 is 0 Å². The largest absolute Gasteiger partial charge is 0.481 e. The highest BCUT2D eigenvalue weighted by atomic mass is 32.2. The molecule has 0 aliphatic carbocycles. The van der Waals surface area contributed by atoms with Gasteiger partial charge in [0.05, 0.1) is 18.3 Å². The van der Waals surface area contributed by atoms with E-state index in [-0.39, 0.29) is 16.9 Å². The summed E-state index contributed by atoms with van der Waals surface area (Å²) in [7, 11) is -1.07. The molecule has 1 rings (SSSR count). The Bertz CT molecular complexity index is 210. The Morgan fingerprint density at radius 2 is 2.46 bits per heavy atom. The molecule has 76 valence electrons. The third-order valence-corrected chi connectivity index (χ3v) is 4.06. The number of aliphatic carboxylic acids is 1. The monoisotopic (exact) mass is 206 g/mol. The predicted octanol–water partition coefficient (Wildman–Crippen LogP) is 0.387. The molecule has 5 heteroatoms. The van der Waals surface area contributed by atoms with Crippen molar-refractivity contribution in [3.05, 3.63) is 0 Å². The average molecular weight is 206 g/mol. The van der Waals surface area contributed by atoms with E-state index in [1.807, 2.05) is 0 Å². The first kappa shape index (κ1) is 10.7. The van der Waals surface area contributed by atoms with Gasteiger partial charge in [0.2, 0.25) is 0 Å². The Morgan fingerprint density at radius 1 is 1.77 bits per heavy atom. The summed E-state index contributed by atoms with van der Waals surface area (Å²) in [6, 6.07) is 0. The topological polar surface area (TPSA) is 63.6 Å². The number of carbonyl (C=O) groups is 1. The summed E-state index contributed by atoms with van der Waals surface area (Å²) in [5.74, 6) is -0.889. The number of carboxylic acid groups (broad SMARTS) is 1. The highest BCUT2D eigenvalue weighted by molar-refractivity contribution is 7.86. The van der Waals surface area contributed by atoms with E-state index in [4.69, 9.17) is 9.84 Å². The third kappa shape index (κ3) is 3.08. The molecule has 0 aromatic rings. The summed E-state index contributed by atoms with van der Waals surface area (Å²) in [5.41, 5.74) is 0. The van der Waals surface area contributed by atoms with Gasteiger partial charge in [0, 0.05) is 22.7 Å². The van der Waals surface area contributed by atoms with Crippen LogP contribution < -0.4 is 0 Å². The second-order valence-electron chi connectivity index (χ2n) is 3.22. The predicted molar refractivity (Wildman–Crippen MR) is 49.1 cm³/mol. The zero-order valence-corrected chi connectivity index (χ0v) is 8.38. The summed E-state index contributed by atoms with van der Waals surface area (Å²) in [6.07, 6.45) is 0.764. The van der Waals surface area contributed by atoms with Gasteiger partial charge in [-0.3, -0.25) is 9.00 Å². The summed E-state index contributed by atoms with van der Waals surface area (Å²) >= 11 is 0. The van der Waals surface area contributed by atoms with Gasteiger partial charge in [0.1, 0.15) is 0 Å². The number of hydrogen-bond donors (Lipinski definition) is 1. The van der Waals surface area contributed by atoms with Crippen molar-refractivity contribution in [2.75, 3.05) is 13.2 Å². The second-order valence-corrected chi connectivity index (χ2v) is 5.35. The van der Waals surface area contributed by atoms with Crippen LogP contribution in [0.1, 0.15) is 19.8 Å². The minimum Gasteiger partial charge on any atom is -0.481 e. The summed E-state index contributed by atoms with van der Waals surface area (Å²) in [4.78, 5) is 10.4. The average Bonchev–Trinajstić information content (AvgIpc) is 2.53. The molecule has 0 amide bonds. The molecule has 0 radical (unpaired) electrons. The van der Waals surface area contributed by atoms with Gasteiger partial charge in [-0.2, -0.15) is 0 Å². The lowest BCUT2D eigenvalue weighted by molar-refractivity contribution is -0.136. The van der Waals surface area contributed by atoms with Crippen molar-refractivity contribution in [2.24, 2.45) is 0 Å². The summed E-state index contributed by atoms with van der Waals surface area (Å²) in [6.45, 7) is 2.87. The van der Waals surface area contributed by atoms with E-state index in [2.05, 4.69) is 0 Å². The Morgan fingerprint density at radius 3 is 2.92 bits per heavy atom. The van der Waals surface area contributed by atoms with Gasteiger partial charge >= 0.3 is 5.97 Å². The summed E-state index contributed by atoms with van der Waals surface area (Å²) < 4.78 is 16.7. The van der Waals surface area contributed by atoms with E-state index < -0.39 is 16.8 Å². The molecule has 0 saturated carbocycles. The molecule has 1 saturated heterocycles. The molecule has 3 atom stereocenters. The Hall–Kier alpha value is -0.420. The van der Waals surface area contributed by atoms with E-state index in [0.717, 1.165) is 6.42 Å². The van der Waals surface area contributed by atoms with Gasteiger partial charge in [-0.1, -0.05) is 6.92 Å². The van der Waals surface area contributed by atoms with Gasteiger partial charge in [0.15, 0.2) is 0 Å². The van der Waals surface area contributed by atoms with Crippen LogP contribution in [0.5, 0.6) is 0 Å².